The van der Waals surface area contributed by atoms with Crippen LogP contribution in [0.25, 0.3) is 21.9 Å². The van der Waals surface area contributed by atoms with Gasteiger partial charge in [-0.3, -0.25) is 0 Å². The van der Waals surface area contributed by atoms with Gasteiger partial charge in [0.1, 0.15) is 11.6 Å². The molecule has 27 heavy (non-hydrogen) atoms. The molecule has 0 atom stereocenters. The highest BCUT2D eigenvalue weighted by Crippen LogP contribution is 2.33. The molecule has 0 bridgehead atoms. The van der Waals surface area contributed by atoms with Gasteiger partial charge >= 0.3 is 0 Å². The maximum absolute atomic E-state index is 15.0. The molecule has 5 heteroatoms. The molecule has 0 aliphatic rings. The predicted molar refractivity (Wildman–Crippen MR) is 100 cm³/mol. The number of hydrogen-bond donors (Lipinski definition) is 0. The van der Waals surface area contributed by atoms with E-state index < -0.39 is 17.5 Å². The molecule has 3 aromatic carbocycles. The zero-order chi connectivity index (χ0) is 19.4. The summed E-state index contributed by atoms with van der Waals surface area (Å²) in [5.74, 6) is -2.40. The Bertz CT molecular complexity index is 979. The van der Waals surface area contributed by atoms with Crippen molar-refractivity contribution < 1.29 is 22.6 Å². The van der Waals surface area contributed by atoms with Gasteiger partial charge < -0.3 is 9.47 Å². The van der Waals surface area contributed by atoms with Crippen LogP contribution in [0.5, 0.6) is 5.75 Å². The van der Waals surface area contributed by atoms with Gasteiger partial charge in [-0.15, -0.1) is 0 Å². The number of ether oxygens (including phenoxy) is 2. The quantitative estimate of drug-likeness (QED) is 0.492. The normalized spacial score (nSPS) is 11.4. The van der Waals surface area contributed by atoms with Crippen molar-refractivity contribution in [3.05, 3.63) is 77.8 Å². The van der Waals surface area contributed by atoms with E-state index in [1.165, 1.54) is 19.4 Å². The first-order chi connectivity index (χ1) is 13.1. The summed E-state index contributed by atoms with van der Waals surface area (Å²) in [4.78, 5) is 0. The van der Waals surface area contributed by atoms with Crippen LogP contribution in [0.3, 0.4) is 0 Å². The zero-order valence-electron chi connectivity index (χ0n) is 15.1. The van der Waals surface area contributed by atoms with Crippen LogP contribution in [0, 0.1) is 17.5 Å². The topological polar surface area (TPSA) is 18.5 Å². The van der Waals surface area contributed by atoms with Gasteiger partial charge in [0.15, 0.2) is 11.6 Å². The Morgan fingerprint density at radius 3 is 2.33 bits per heavy atom. The van der Waals surface area contributed by atoms with Gasteiger partial charge in [-0.2, -0.15) is 0 Å². The fraction of sp³-hybridized carbons (Fsp3) is 0.182. The summed E-state index contributed by atoms with van der Waals surface area (Å²) in [6, 6.07) is 11.3. The molecule has 0 N–H and O–H groups in total. The monoisotopic (exact) mass is 372 g/mol. The predicted octanol–water partition coefficient (Wildman–Crippen LogP) is 6.03. The average Bonchev–Trinajstić information content (AvgIpc) is 2.68. The second kappa shape index (κ2) is 8.27. The van der Waals surface area contributed by atoms with Gasteiger partial charge in [-0.1, -0.05) is 30.3 Å². The molecule has 2 nitrogen and oxygen atoms in total. The van der Waals surface area contributed by atoms with Crippen molar-refractivity contribution >= 4 is 10.8 Å². The minimum absolute atomic E-state index is 0.166. The maximum atomic E-state index is 15.0. The molecule has 0 radical (unpaired) electrons. The molecule has 0 unspecified atom stereocenters. The first kappa shape index (κ1) is 19.0. The molecule has 0 heterocycles. The maximum Gasteiger partial charge on any atom is 0.169 e. The number of methoxy groups -OCH3 is 1. The van der Waals surface area contributed by atoms with Crippen LogP contribution >= 0.6 is 0 Å². The molecular formula is C22H19F3O2. The Labute approximate surface area is 155 Å². The van der Waals surface area contributed by atoms with Gasteiger partial charge in [-0.05, 0) is 48.1 Å². The number of fused-ring (bicyclic) bond motifs is 1. The van der Waals surface area contributed by atoms with Gasteiger partial charge in [0.2, 0.25) is 0 Å². The molecule has 0 saturated carbocycles. The molecule has 0 amide bonds. The van der Waals surface area contributed by atoms with Crippen molar-refractivity contribution in [2.45, 2.75) is 13.3 Å². The molecule has 0 aliphatic carbocycles. The fourth-order valence-electron chi connectivity index (χ4n) is 2.91. The van der Waals surface area contributed by atoms with Crippen molar-refractivity contribution in [3.63, 3.8) is 0 Å². The summed E-state index contributed by atoms with van der Waals surface area (Å²) >= 11 is 0. The molecule has 0 saturated heterocycles. The molecule has 0 aliphatic heterocycles. The van der Waals surface area contributed by atoms with Crippen molar-refractivity contribution in [2.75, 3.05) is 13.7 Å². The lowest BCUT2D eigenvalue weighted by atomic mass is 9.97. The average molecular weight is 372 g/mol. The lowest BCUT2D eigenvalue weighted by Crippen LogP contribution is -2.02. The molecule has 3 aromatic rings. The largest absolute Gasteiger partial charge is 0.465 e. The van der Waals surface area contributed by atoms with E-state index in [4.69, 9.17) is 9.47 Å². The third kappa shape index (κ3) is 3.83. The summed E-state index contributed by atoms with van der Waals surface area (Å²) in [6.45, 7) is 2.08. The number of benzene rings is 3. The minimum Gasteiger partial charge on any atom is -0.465 e. The minimum atomic E-state index is -1.18. The van der Waals surface area contributed by atoms with Crippen molar-refractivity contribution in [2.24, 2.45) is 0 Å². The SMILES string of the molecule is CC=COc1ccc(-c2ccc3cc(CCOC)c(F)c(F)c3c2F)cc1. The van der Waals surface area contributed by atoms with E-state index in [0.717, 1.165) is 0 Å². The first-order valence-corrected chi connectivity index (χ1v) is 8.53. The Morgan fingerprint density at radius 1 is 0.926 bits per heavy atom. The molecule has 3 rings (SSSR count). The van der Waals surface area contributed by atoms with Crippen LogP contribution in [0.4, 0.5) is 13.2 Å². The van der Waals surface area contributed by atoms with Gasteiger partial charge in [0, 0.05) is 12.7 Å². The van der Waals surface area contributed by atoms with E-state index in [2.05, 4.69) is 0 Å². The van der Waals surface area contributed by atoms with E-state index >= 15 is 4.39 Å². The van der Waals surface area contributed by atoms with Gasteiger partial charge in [-0.25, -0.2) is 13.2 Å². The Kier molecular flexibility index (Phi) is 5.81. The van der Waals surface area contributed by atoms with Crippen molar-refractivity contribution in [1.29, 1.82) is 0 Å². The third-order valence-electron chi connectivity index (χ3n) is 4.28. The molecule has 0 fully saturated rings. The second-order valence-corrected chi connectivity index (χ2v) is 6.04. The fourth-order valence-corrected chi connectivity index (χ4v) is 2.91. The molecule has 0 aromatic heterocycles. The zero-order valence-corrected chi connectivity index (χ0v) is 15.1. The van der Waals surface area contributed by atoms with Crippen LogP contribution in [0.15, 0.2) is 54.8 Å². The van der Waals surface area contributed by atoms with Crippen molar-refractivity contribution in [3.8, 4) is 16.9 Å². The van der Waals surface area contributed by atoms with Crippen LogP contribution in [0.2, 0.25) is 0 Å². The molecule has 140 valence electrons. The smallest absolute Gasteiger partial charge is 0.169 e. The molecule has 0 spiro atoms. The van der Waals surface area contributed by atoms with Crippen molar-refractivity contribution in [1.82, 2.24) is 0 Å². The van der Waals surface area contributed by atoms with E-state index in [0.29, 0.717) is 16.7 Å². The first-order valence-electron chi connectivity index (χ1n) is 8.53. The standard InChI is InChI=1S/C22H19F3O2/c1-3-11-27-17-7-4-14(5-8-17)18-9-6-15-13-16(10-12-26-2)20(23)22(25)19(15)21(18)24/h3-9,11,13H,10,12H2,1-2H3. The Balaban J connectivity index is 2.05. The summed E-state index contributed by atoms with van der Waals surface area (Å²) in [7, 11) is 1.48. The summed E-state index contributed by atoms with van der Waals surface area (Å²) < 4.78 is 54.1. The van der Waals surface area contributed by atoms with Gasteiger partial charge in [0.25, 0.3) is 0 Å². The third-order valence-corrected chi connectivity index (χ3v) is 4.28. The lowest BCUT2D eigenvalue weighted by Gasteiger charge is -2.11. The Morgan fingerprint density at radius 2 is 1.67 bits per heavy atom. The summed E-state index contributed by atoms with van der Waals surface area (Å²) in [6.07, 6.45) is 3.49. The number of rotatable bonds is 6. The van der Waals surface area contributed by atoms with Crippen LogP contribution < -0.4 is 4.74 Å². The number of hydrogen-bond acceptors (Lipinski definition) is 2. The highest BCUT2D eigenvalue weighted by molar-refractivity contribution is 5.89. The van der Waals surface area contributed by atoms with E-state index in [1.54, 1.807) is 42.5 Å². The lowest BCUT2D eigenvalue weighted by molar-refractivity contribution is 0.201. The summed E-state index contributed by atoms with van der Waals surface area (Å²) in [5, 5.41) is -0.0327. The van der Waals surface area contributed by atoms with Gasteiger partial charge in [0.05, 0.1) is 18.3 Å². The highest BCUT2D eigenvalue weighted by Gasteiger charge is 2.19. The van der Waals surface area contributed by atoms with Crippen LogP contribution in [-0.4, -0.2) is 13.7 Å². The number of allylic oxidation sites excluding steroid dienone is 1. The van der Waals surface area contributed by atoms with Crippen LogP contribution in [-0.2, 0) is 11.2 Å². The van der Waals surface area contributed by atoms with E-state index in [1.807, 2.05) is 6.92 Å². The van der Waals surface area contributed by atoms with E-state index in [-0.39, 0.29) is 29.5 Å². The second-order valence-electron chi connectivity index (χ2n) is 6.04. The molecular weight excluding hydrogens is 353 g/mol. The Hall–Kier alpha value is -2.79. The number of halogens is 3. The van der Waals surface area contributed by atoms with Crippen LogP contribution in [0.1, 0.15) is 12.5 Å². The summed E-state index contributed by atoms with van der Waals surface area (Å²) in [5.41, 5.74) is 0.910. The highest BCUT2D eigenvalue weighted by atomic mass is 19.2. The van der Waals surface area contributed by atoms with E-state index in [9.17, 15) is 8.78 Å².